The van der Waals surface area contributed by atoms with Crippen molar-refractivity contribution in [2.45, 2.75) is 25.4 Å². The number of benzene rings is 3. The van der Waals surface area contributed by atoms with Gasteiger partial charge in [-0.25, -0.2) is 9.37 Å². The second-order valence-corrected chi connectivity index (χ2v) is 8.64. The zero-order valence-electron chi connectivity index (χ0n) is 19.3. The summed E-state index contributed by atoms with van der Waals surface area (Å²) in [5.41, 5.74) is 5.32. The summed E-state index contributed by atoms with van der Waals surface area (Å²) < 4.78 is 20.1. The van der Waals surface area contributed by atoms with E-state index < -0.39 is 0 Å². The molecule has 0 saturated heterocycles. The van der Waals surface area contributed by atoms with Gasteiger partial charge in [0.05, 0.1) is 29.0 Å². The number of anilines is 1. The van der Waals surface area contributed by atoms with E-state index in [2.05, 4.69) is 21.7 Å². The molecule has 1 atom stereocenters. The van der Waals surface area contributed by atoms with Crippen LogP contribution in [-0.4, -0.2) is 35.1 Å². The third kappa shape index (κ3) is 4.79. The second-order valence-electron chi connectivity index (χ2n) is 8.64. The molecule has 8 heteroatoms. The Morgan fingerprint density at radius 2 is 1.94 bits per heavy atom. The molecule has 0 aliphatic heterocycles. The van der Waals surface area contributed by atoms with Crippen molar-refractivity contribution in [3.8, 4) is 0 Å². The number of fused-ring (bicyclic) bond motifs is 2. The Morgan fingerprint density at radius 1 is 1.14 bits per heavy atom. The van der Waals surface area contributed by atoms with Crippen LogP contribution in [0.2, 0.25) is 0 Å². The van der Waals surface area contributed by atoms with Gasteiger partial charge in [-0.1, -0.05) is 36.4 Å². The molecule has 1 aliphatic carbocycles. The molecule has 1 heterocycles. The Kier molecular flexibility index (Phi) is 6.29. The number of methoxy groups -OCH3 is 1. The van der Waals surface area contributed by atoms with E-state index in [0.29, 0.717) is 28.8 Å². The standard InChI is InChI=1S/C27H25FN4O3/c1-35-15-25(33)30-20-12-22(27(34)31-23-11-8-18-4-2-3-5-21(18)23)26-24(13-20)29-16-32(26)14-17-6-9-19(28)10-7-17/h2-7,9-10,12-13,16,23H,8,11,14-15H2,1H3,(H,30,33)(H,31,34). The number of hydrogen-bond donors (Lipinski definition) is 2. The molecule has 4 aromatic rings. The van der Waals surface area contributed by atoms with Gasteiger partial charge < -0.3 is 19.9 Å². The van der Waals surface area contributed by atoms with Crippen molar-refractivity contribution in [3.05, 3.63) is 95.1 Å². The molecule has 7 nitrogen and oxygen atoms in total. The summed E-state index contributed by atoms with van der Waals surface area (Å²) in [5, 5.41) is 5.94. The largest absolute Gasteiger partial charge is 0.375 e. The highest BCUT2D eigenvalue weighted by Crippen LogP contribution is 2.32. The Hall–Kier alpha value is -4.04. The average molecular weight is 473 g/mol. The van der Waals surface area contributed by atoms with Gasteiger partial charge in [0.15, 0.2) is 0 Å². The van der Waals surface area contributed by atoms with Crippen molar-refractivity contribution in [1.29, 1.82) is 0 Å². The van der Waals surface area contributed by atoms with Crippen LogP contribution in [0.15, 0.2) is 67.0 Å². The molecule has 5 rings (SSSR count). The quantitative estimate of drug-likeness (QED) is 0.422. The smallest absolute Gasteiger partial charge is 0.254 e. The molecule has 0 radical (unpaired) electrons. The van der Waals surface area contributed by atoms with Crippen LogP contribution in [0, 0.1) is 5.82 Å². The van der Waals surface area contributed by atoms with Gasteiger partial charge in [0.1, 0.15) is 12.4 Å². The van der Waals surface area contributed by atoms with Crippen molar-refractivity contribution < 1.29 is 18.7 Å². The van der Waals surface area contributed by atoms with Crippen LogP contribution in [-0.2, 0) is 22.5 Å². The van der Waals surface area contributed by atoms with Crippen molar-refractivity contribution >= 4 is 28.5 Å². The van der Waals surface area contributed by atoms with E-state index in [4.69, 9.17) is 4.74 Å². The summed E-state index contributed by atoms with van der Waals surface area (Å²) in [7, 11) is 1.44. The second kappa shape index (κ2) is 9.68. The van der Waals surface area contributed by atoms with Crippen LogP contribution in [0.5, 0.6) is 0 Å². The molecule has 2 amide bonds. The number of imidazole rings is 1. The Labute approximate surface area is 201 Å². The highest BCUT2D eigenvalue weighted by Gasteiger charge is 2.26. The Morgan fingerprint density at radius 3 is 2.74 bits per heavy atom. The van der Waals surface area contributed by atoms with Crippen molar-refractivity contribution in [3.63, 3.8) is 0 Å². The number of rotatable bonds is 7. The van der Waals surface area contributed by atoms with E-state index in [1.807, 2.05) is 22.8 Å². The monoisotopic (exact) mass is 472 g/mol. The van der Waals surface area contributed by atoms with Gasteiger partial charge in [-0.2, -0.15) is 0 Å². The van der Waals surface area contributed by atoms with Crippen LogP contribution in [0.3, 0.4) is 0 Å². The average Bonchev–Trinajstić information content (AvgIpc) is 3.44. The molecule has 1 aliphatic rings. The summed E-state index contributed by atoms with van der Waals surface area (Å²) in [6.07, 6.45) is 3.38. The molecule has 0 saturated carbocycles. The number of hydrogen-bond acceptors (Lipinski definition) is 4. The summed E-state index contributed by atoms with van der Waals surface area (Å²) in [5.74, 6) is -0.883. The minimum Gasteiger partial charge on any atom is -0.375 e. The first kappa shape index (κ1) is 22.7. The number of nitrogens with zero attached hydrogens (tertiary/aromatic N) is 2. The van der Waals surface area contributed by atoms with E-state index in [-0.39, 0.29) is 30.3 Å². The third-order valence-electron chi connectivity index (χ3n) is 6.22. The zero-order valence-corrected chi connectivity index (χ0v) is 19.3. The Balaban J connectivity index is 1.51. The Bertz CT molecular complexity index is 1400. The number of halogens is 1. The molecule has 178 valence electrons. The van der Waals surface area contributed by atoms with Crippen molar-refractivity contribution in [1.82, 2.24) is 14.9 Å². The fourth-order valence-electron chi connectivity index (χ4n) is 4.63. The van der Waals surface area contributed by atoms with E-state index >= 15 is 0 Å². The highest BCUT2D eigenvalue weighted by molar-refractivity contribution is 6.07. The first-order valence-electron chi connectivity index (χ1n) is 11.4. The lowest BCUT2D eigenvalue weighted by Crippen LogP contribution is -2.28. The molecule has 3 aromatic carbocycles. The first-order valence-corrected chi connectivity index (χ1v) is 11.4. The van der Waals surface area contributed by atoms with Crippen LogP contribution in [0.25, 0.3) is 11.0 Å². The van der Waals surface area contributed by atoms with Gasteiger partial charge in [0.2, 0.25) is 5.91 Å². The predicted octanol–water partition coefficient (Wildman–Crippen LogP) is 4.23. The summed E-state index contributed by atoms with van der Waals surface area (Å²) in [6, 6.07) is 17.6. The van der Waals surface area contributed by atoms with Crippen LogP contribution in [0.1, 0.15) is 39.5 Å². The third-order valence-corrected chi connectivity index (χ3v) is 6.22. The number of aromatic nitrogens is 2. The van der Waals surface area contributed by atoms with E-state index in [9.17, 15) is 14.0 Å². The van der Waals surface area contributed by atoms with Gasteiger partial charge in [0, 0.05) is 19.3 Å². The molecule has 2 N–H and O–H groups in total. The maximum absolute atomic E-state index is 13.6. The first-order chi connectivity index (χ1) is 17.0. The normalized spacial score (nSPS) is 14.6. The number of ether oxygens (including phenoxy) is 1. The fraction of sp³-hybridized carbons (Fsp3) is 0.222. The molecular formula is C27H25FN4O3. The molecule has 35 heavy (non-hydrogen) atoms. The minimum atomic E-state index is -0.325. The topological polar surface area (TPSA) is 85.2 Å². The maximum atomic E-state index is 13.6. The van der Waals surface area contributed by atoms with E-state index in [1.54, 1.807) is 30.6 Å². The SMILES string of the molecule is COCC(=O)Nc1cc(C(=O)NC2CCc3ccccc32)c2c(c1)ncn2Cc1ccc(F)cc1. The van der Waals surface area contributed by atoms with Crippen LogP contribution >= 0.6 is 0 Å². The highest BCUT2D eigenvalue weighted by atomic mass is 19.1. The molecule has 1 unspecified atom stereocenters. The lowest BCUT2D eigenvalue weighted by Gasteiger charge is -2.16. The summed E-state index contributed by atoms with van der Waals surface area (Å²) >= 11 is 0. The lowest BCUT2D eigenvalue weighted by molar-refractivity contribution is -0.119. The molecule has 0 spiro atoms. The summed E-state index contributed by atoms with van der Waals surface area (Å²) in [4.78, 5) is 30.2. The number of aryl methyl sites for hydroxylation is 1. The van der Waals surface area contributed by atoms with Crippen molar-refractivity contribution in [2.75, 3.05) is 19.0 Å². The van der Waals surface area contributed by atoms with Gasteiger partial charge in [-0.3, -0.25) is 9.59 Å². The van der Waals surface area contributed by atoms with Gasteiger partial charge >= 0.3 is 0 Å². The lowest BCUT2D eigenvalue weighted by atomic mass is 10.1. The summed E-state index contributed by atoms with van der Waals surface area (Å²) in [6.45, 7) is 0.316. The van der Waals surface area contributed by atoms with Gasteiger partial charge in [-0.15, -0.1) is 0 Å². The van der Waals surface area contributed by atoms with Crippen molar-refractivity contribution in [2.24, 2.45) is 0 Å². The minimum absolute atomic E-state index is 0.0889. The maximum Gasteiger partial charge on any atom is 0.254 e. The number of nitrogens with one attached hydrogen (secondary N) is 2. The number of carbonyl (C=O) groups is 2. The van der Waals surface area contributed by atoms with E-state index in [1.165, 1.54) is 24.8 Å². The van der Waals surface area contributed by atoms with Crippen LogP contribution in [0.4, 0.5) is 10.1 Å². The van der Waals surface area contributed by atoms with Crippen LogP contribution < -0.4 is 10.6 Å². The fourth-order valence-corrected chi connectivity index (χ4v) is 4.63. The van der Waals surface area contributed by atoms with Gasteiger partial charge in [0.25, 0.3) is 5.91 Å². The predicted molar refractivity (Wildman–Crippen MR) is 131 cm³/mol. The van der Waals surface area contributed by atoms with E-state index in [0.717, 1.165) is 24.0 Å². The molecular weight excluding hydrogens is 447 g/mol. The zero-order chi connectivity index (χ0) is 24.4. The molecule has 0 fully saturated rings. The number of amides is 2. The molecule has 1 aromatic heterocycles. The van der Waals surface area contributed by atoms with Gasteiger partial charge in [-0.05, 0) is 53.8 Å². The molecule has 0 bridgehead atoms. The number of carbonyl (C=O) groups excluding carboxylic acids is 2.